The Morgan fingerprint density at radius 2 is 1.92 bits per heavy atom. The third-order valence-corrected chi connectivity index (χ3v) is 6.59. The summed E-state index contributed by atoms with van der Waals surface area (Å²) in [6.45, 7) is 8.69. The lowest BCUT2D eigenvalue weighted by Gasteiger charge is -2.36. The van der Waals surface area contributed by atoms with Crippen molar-refractivity contribution >= 4 is 21.7 Å². The topological polar surface area (TPSA) is 95.5 Å². The second-order valence-corrected chi connectivity index (χ2v) is 9.63. The van der Waals surface area contributed by atoms with E-state index in [4.69, 9.17) is 0 Å². The van der Waals surface area contributed by atoms with E-state index in [9.17, 15) is 13.2 Å². The van der Waals surface area contributed by atoms with Crippen LogP contribution in [0.5, 0.6) is 0 Å². The Morgan fingerprint density at radius 3 is 2.50 bits per heavy atom. The average molecular weight is 382 g/mol. The van der Waals surface area contributed by atoms with Crippen LogP contribution in [0.25, 0.3) is 0 Å². The van der Waals surface area contributed by atoms with Gasteiger partial charge in [0.25, 0.3) is 0 Å². The van der Waals surface area contributed by atoms with Crippen LogP contribution < -0.4 is 10.2 Å². The molecule has 2 saturated heterocycles. The summed E-state index contributed by atoms with van der Waals surface area (Å²) in [5.74, 6) is 2.22. The van der Waals surface area contributed by atoms with Gasteiger partial charge in [0.1, 0.15) is 11.6 Å². The van der Waals surface area contributed by atoms with E-state index >= 15 is 0 Å². The van der Waals surface area contributed by atoms with Crippen molar-refractivity contribution in [3.63, 3.8) is 0 Å². The van der Waals surface area contributed by atoms with Crippen molar-refractivity contribution in [3.05, 3.63) is 17.6 Å². The number of hydrogen-bond donors (Lipinski definition) is 1. The number of sulfone groups is 1. The highest BCUT2D eigenvalue weighted by molar-refractivity contribution is 7.91. The summed E-state index contributed by atoms with van der Waals surface area (Å²) in [5.41, 5.74) is 0.946. The van der Waals surface area contributed by atoms with E-state index in [1.54, 1.807) is 4.90 Å². The lowest BCUT2D eigenvalue weighted by atomic mass is 10.2. The number of nitrogens with zero attached hydrogens (tertiary/aromatic N) is 4. The molecule has 0 spiro atoms. The molecule has 1 N–H and O–H groups in total. The molecule has 1 aromatic rings. The number of carbonyl (C=O) groups is 1. The van der Waals surface area contributed by atoms with Gasteiger partial charge in [-0.1, -0.05) is 13.8 Å². The lowest BCUT2D eigenvalue weighted by molar-refractivity contribution is 0.191. The molecule has 0 aliphatic carbocycles. The van der Waals surface area contributed by atoms with Crippen LogP contribution in [-0.2, 0) is 9.84 Å². The van der Waals surface area contributed by atoms with Crippen molar-refractivity contribution in [3.8, 4) is 0 Å². The van der Waals surface area contributed by atoms with Crippen LogP contribution in [0.4, 0.5) is 10.6 Å². The number of amides is 2. The fourth-order valence-corrected chi connectivity index (χ4v) is 4.98. The van der Waals surface area contributed by atoms with Crippen molar-refractivity contribution in [1.29, 1.82) is 0 Å². The Hall–Kier alpha value is -1.90. The number of hydrogen-bond acceptors (Lipinski definition) is 6. The molecular weight excluding hydrogens is 354 g/mol. The van der Waals surface area contributed by atoms with Crippen LogP contribution in [0.15, 0.2) is 6.07 Å². The molecule has 9 heteroatoms. The summed E-state index contributed by atoms with van der Waals surface area (Å²) in [4.78, 5) is 25.4. The van der Waals surface area contributed by atoms with Crippen LogP contribution in [-0.4, -0.2) is 73.0 Å². The summed E-state index contributed by atoms with van der Waals surface area (Å²) in [5, 5.41) is 2.86. The number of aryl methyl sites for hydroxylation is 1. The number of anilines is 1. The molecule has 26 heavy (non-hydrogen) atoms. The molecule has 0 aromatic carbocycles. The summed E-state index contributed by atoms with van der Waals surface area (Å²) >= 11 is 0. The second-order valence-electron chi connectivity index (χ2n) is 7.40. The minimum Gasteiger partial charge on any atom is -0.353 e. The largest absolute Gasteiger partial charge is 0.353 e. The highest BCUT2D eigenvalue weighted by Gasteiger charge is 2.31. The van der Waals surface area contributed by atoms with Crippen molar-refractivity contribution < 1.29 is 13.2 Å². The van der Waals surface area contributed by atoms with E-state index in [1.165, 1.54) is 0 Å². The smallest absolute Gasteiger partial charge is 0.317 e. The van der Waals surface area contributed by atoms with Gasteiger partial charge in [-0.25, -0.2) is 23.2 Å². The predicted molar refractivity (Wildman–Crippen MR) is 100 cm³/mol. The van der Waals surface area contributed by atoms with E-state index in [-0.39, 0.29) is 29.5 Å². The van der Waals surface area contributed by atoms with Crippen LogP contribution in [0, 0.1) is 6.92 Å². The Balaban J connectivity index is 1.57. The molecule has 3 rings (SSSR count). The van der Waals surface area contributed by atoms with Gasteiger partial charge in [0, 0.05) is 49.9 Å². The van der Waals surface area contributed by atoms with Crippen molar-refractivity contribution in [1.82, 2.24) is 20.2 Å². The molecular formula is C17H27N5O3S. The molecule has 0 unspecified atom stereocenters. The Labute approximate surface area is 154 Å². The van der Waals surface area contributed by atoms with Gasteiger partial charge in [0.05, 0.1) is 11.5 Å². The highest BCUT2D eigenvalue weighted by Crippen LogP contribution is 2.19. The zero-order valence-electron chi connectivity index (χ0n) is 15.6. The molecule has 2 aliphatic heterocycles. The standard InChI is InChI=1S/C17H27N5O3S/c1-12(2)16-18-13(3)10-15(20-16)21-5-7-22(8-6-21)17(23)19-14-4-9-26(24,25)11-14/h10,12,14H,4-9,11H2,1-3H3,(H,19,23)/t14-/m0/s1. The molecule has 1 aromatic heterocycles. The number of rotatable bonds is 3. The molecule has 144 valence electrons. The molecule has 0 radical (unpaired) electrons. The van der Waals surface area contributed by atoms with Crippen molar-refractivity contribution in [2.75, 3.05) is 42.6 Å². The van der Waals surface area contributed by atoms with Crippen LogP contribution in [0.3, 0.4) is 0 Å². The minimum absolute atomic E-state index is 0.0525. The van der Waals surface area contributed by atoms with Gasteiger partial charge in [-0.3, -0.25) is 0 Å². The van der Waals surface area contributed by atoms with Gasteiger partial charge < -0.3 is 15.1 Å². The molecule has 8 nitrogen and oxygen atoms in total. The Bertz CT molecular complexity index is 773. The van der Waals surface area contributed by atoms with E-state index < -0.39 is 9.84 Å². The SMILES string of the molecule is Cc1cc(N2CCN(C(=O)N[C@H]3CCS(=O)(=O)C3)CC2)nc(C(C)C)n1. The monoisotopic (exact) mass is 381 g/mol. The third kappa shape index (κ3) is 4.44. The molecule has 3 heterocycles. The number of carbonyl (C=O) groups excluding carboxylic acids is 1. The highest BCUT2D eigenvalue weighted by atomic mass is 32.2. The number of piperazine rings is 1. The van der Waals surface area contributed by atoms with Crippen molar-refractivity contribution in [2.24, 2.45) is 0 Å². The first kappa shape index (κ1) is 18.9. The molecule has 2 aliphatic rings. The van der Waals surface area contributed by atoms with E-state index in [0.29, 0.717) is 32.6 Å². The normalized spacial score (nSPS) is 22.7. The van der Waals surface area contributed by atoms with Crippen LogP contribution in [0.1, 0.15) is 37.7 Å². The maximum atomic E-state index is 12.4. The number of urea groups is 1. The summed E-state index contributed by atoms with van der Waals surface area (Å²) in [6.07, 6.45) is 0.506. The summed E-state index contributed by atoms with van der Waals surface area (Å²) in [7, 11) is -2.99. The lowest BCUT2D eigenvalue weighted by Crippen LogP contribution is -2.53. The quantitative estimate of drug-likeness (QED) is 0.837. The van der Waals surface area contributed by atoms with Gasteiger partial charge in [0.2, 0.25) is 0 Å². The van der Waals surface area contributed by atoms with E-state index in [1.807, 2.05) is 13.0 Å². The zero-order valence-corrected chi connectivity index (χ0v) is 16.4. The first-order chi connectivity index (χ1) is 12.2. The minimum atomic E-state index is -2.99. The second kappa shape index (κ2) is 7.38. The molecule has 0 bridgehead atoms. The van der Waals surface area contributed by atoms with Crippen LogP contribution in [0.2, 0.25) is 0 Å². The average Bonchev–Trinajstić information content (AvgIpc) is 2.93. The first-order valence-corrected chi connectivity index (χ1v) is 10.9. The molecule has 1 atom stereocenters. The maximum absolute atomic E-state index is 12.4. The van der Waals surface area contributed by atoms with Crippen LogP contribution >= 0.6 is 0 Å². The van der Waals surface area contributed by atoms with Gasteiger partial charge in [-0.15, -0.1) is 0 Å². The van der Waals surface area contributed by atoms with Gasteiger partial charge >= 0.3 is 6.03 Å². The molecule has 2 amide bonds. The fraction of sp³-hybridized carbons (Fsp3) is 0.706. The zero-order chi connectivity index (χ0) is 18.9. The fourth-order valence-electron chi connectivity index (χ4n) is 3.31. The van der Waals surface area contributed by atoms with Gasteiger partial charge in [0.15, 0.2) is 9.84 Å². The summed E-state index contributed by atoms with van der Waals surface area (Å²) < 4.78 is 23.0. The number of nitrogens with one attached hydrogen (secondary N) is 1. The van der Waals surface area contributed by atoms with Gasteiger partial charge in [-0.2, -0.15) is 0 Å². The molecule has 2 fully saturated rings. The van der Waals surface area contributed by atoms with Gasteiger partial charge in [-0.05, 0) is 13.3 Å². The first-order valence-electron chi connectivity index (χ1n) is 9.10. The predicted octanol–water partition coefficient (Wildman–Crippen LogP) is 0.927. The Morgan fingerprint density at radius 1 is 1.23 bits per heavy atom. The maximum Gasteiger partial charge on any atom is 0.317 e. The third-order valence-electron chi connectivity index (χ3n) is 4.83. The number of aromatic nitrogens is 2. The Kier molecular flexibility index (Phi) is 5.36. The van der Waals surface area contributed by atoms with E-state index in [2.05, 4.69) is 34.0 Å². The van der Waals surface area contributed by atoms with Crippen molar-refractivity contribution in [2.45, 2.75) is 39.2 Å². The van der Waals surface area contributed by atoms with E-state index in [0.717, 1.165) is 17.3 Å². The molecule has 0 saturated carbocycles. The summed E-state index contributed by atoms with van der Waals surface area (Å²) in [6, 6.07) is 1.54.